The lowest BCUT2D eigenvalue weighted by Crippen LogP contribution is -2.30. The number of nitro groups is 1. The van der Waals surface area contributed by atoms with Gasteiger partial charge in [-0.15, -0.1) is 0 Å². The Bertz CT molecular complexity index is 493. The molecule has 0 aromatic heterocycles. The van der Waals surface area contributed by atoms with Gasteiger partial charge in [0.25, 0.3) is 5.69 Å². The maximum absolute atomic E-state index is 11.5. The molecular formula is C13H17BrN2O4. The predicted octanol–water partition coefficient (Wildman–Crippen LogP) is 2.74. The molecule has 0 bridgehead atoms. The van der Waals surface area contributed by atoms with Gasteiger partial charge in [0.15, 0.2) is 0 Å². The Kier molecular flexibility index (Phi) is 6.60. The van der Waals surface area contributed by atoms with Crippen LogP contribution in [0.25, 0.3) is 0 Å². The average Bonchev–Trinajstić information content (AvgIpc) is 2.40. The number of carbonyl (C=O) groups is 1. The molecule has 0 unspecified atom stereocenters. The van der Waals surface area contributed by atoms with E-state index in [0.29, 0.717) is 24.2 Å². The number of benzene rings is 1. The largest absolute Gasteiger partial charge is 0.465 e. The van der Waals surface area contributed by atoms with Crippen LogP contribution in [0, 0.1) is 10.1 Å². The molecule has 0 atom stereocenters. The molecule has 0 N–H and O–H groups in total. The van der Waals surface area contributed by atoms with Crippen molar-refractivity contribution in [2.24, 2.45) is 0 Å². The Balaban J connectivity index is 2.82. The minimum absolute atomic E-state index is 0.0229. The highest BCUT2D eigenvalue weighted by molar-refractivity contribution is 9.10. The molecule has 0 saturated carbocycles. The van der Waals surface area contributed by atoms with Gasteiger partial charge in [-0.3, -0.25) is 19.8 Å². The number of carbonyl (C=O) groups excluding carboxylic acids is 1. The molecular weight excluding hydrogens is 328 g/mol. The van der Waals surface area contributed by atoms with E-state index in [1.54, 1.807) is 19.1 Å². The van der Waals surface area contributed by atoms with Gasteiger partial charge in [0.2, 0.25) is 0 Å². The SMILES string of the molecule is CCOC(=O)CN(CC)Cc1cccc([N+](=O)[O-])c1Br. The fourth-order valence-electron chi connectivity index (χ4n) is 1.74. The van der Waals surface area contributed by atoms with Crippen LogP contribution in [0.15, 0.2) is 22.7 Å². The summed E-state index contributed by atoms with van der Waals surface area (Å²) in [5, 5.41) is 10.9. The van der Waals surface area contributed by atoms with E-state index in [-0.39, 0.29) is 18.2 Å². The van der Waals surface area contributed by atoms with Crippen LogP contribution in [-0.2, 0) is 16.1 Å². The van der Waals surface area contributed by atoms with Gasteiger partial charge in [0.05, 0.1) is 22.5 Å². The second-order valence-corrected chi connectivity index (χ2v) is 4.91. The van der Waals surface area contributed by atoms with Crippen LogP contribution in [0.2, 0.25) is 0 Å². The van der Waals surface area contributed by atoms with E-state index < -0.39 is 4.92 Å². The molecule has 0 heterocycles. The third kappa shape index (κ3) is 4.57. The normalized spacial score (nSPS) is 10.6. The van der Waals surface area contributed by atoms with Gasteiger partial charge in [-0.25, -0.2) is 0 Å². The molecule has 0 fully saturated rings. The number of nitro benzene ring substituents is 1. The van der Waals surface area contributed by atoms with Gasteiger partial charge < -0.3 is 4.74 Å². The number of esters is 1. The molecule has 0 aliphatic heterocycles. The quantitative estimate of drug-likeness (QED) is 0.432. The summed E-state index contributed by atoms with van der Waals surface area (Å²) in [7, 11) is 0. The van der Waals surface area contributed by atoms with Crippen LogP contribution < -0.4 is 0 Å². The number of halogens is 1. The van der Waals surface area contributed by atoms with E-state index in [0.717, 1.165) is 5.56 Å². The number of likely N-dealkylation sites (N-methyl/N-ethyl adjacent to an activating group) is 1. The zero-order chi connectivity index (χ0) is 15.1. The van der Waals surface area contributed by atoms with Crippen LogP contribution in [-0.4, -0.2) is 35.5 Å². The highest BCUT2D eigenvalue weighted by atomic mass is 79.9. The van der Waals surface area contributed by atoms with Gasteiger partial charge in [-0.1, -0.05) is 19.1 Å². The Morgan fingerprint density at radius 3 is 2.70 bits per heavy atom. The lowest BCUT2D eigenvalue weighted by molar-refractivity contribution is -0.385. The van der Waals surface area contributed by atoms with Gasteiger partial charge in [-0.2, -0.15) is 0 Å². The van der Waals surface area contributed by atoms with Crippen LogP contribution in [0.3, 0.4) is 0 Å². The maximum atomic E-state index is 11.5. The lowest BCUT2D eigenvalue weighted by Gasteiger charge is -2.19. The Morgan fingerprint density at radius 2 is 2.15 bits per heavy atom. The van der Waals surface area contributed by atoms with Gasteiger partial charge in [-0.05, 0) is 35.0 Å². The van der Waals surface area contributed by atoms with Crippen molar-refractivity contribution in [2.45, 2.75) is 20.4 Å². The van der Waals surface area contributed by atoms with E-state index in [4.69, 9.17) is 4.74 Å². The molecule has 0 spiro atoms. The third-order valence-corrected chi connectivity index (χ3v) is 3.67. The van der Waals surface area contributed by atoms with Crippen molar-refractivity contribution < 1.29 is 14.5 Å². The molecule has 6 nitrogen and oxygen atoms in total. The van der Waals surface area contributed by atoms with E-state index in [9.17, 15) is 14.9 Å². The third-order valence-electron chi connectivity index (χ3n) is 2.75. The first-order valence-corrected chi connectivity index (χ1v) is 7.08. The summed E-state index contributed by atoms with van der Waals surface area (Å²) in [5.74, 6) is -0.295. The maximum Gasteiger partial charge on any atom is 0.320 e. The summed E-state index contributed by atoms with van der Waals surface area (Å²) in [5.41, 5.74) is 0.792. The molecule has 0 aliphatic rings. The zero-order valence-corrected chi connectivity index (χ0v) is 13.1. The second kappa shape index (κ2) is 7.96. The summed E-state index contributed by atoms with van der Waals surface area (Å²) < 4.78 is 5.35. The van der Waals surface area contributed by atoms with E-state index in [1.165, 1.54) is 6.07 Å². The summed E-state index contributed by atoms with van der Waals surface area (Å²) in [6.07, 6.45) is 0. The fraction of sp³-hybridized carbons (Fsp3) is 0.462. The van der Waals surface area contributed by atoms with Gasteiger partial charge >= 0.3 is 5.97 Å². The number of hydrogen-bond donors (Lipinski definition) is 0. The molecule has 1 aromatic carbocycles. The van der Waals surface area contributed by atoms with Crippen LogP contribution in [0.4, 0.5) is 5.69 Å². The molecule has 110 valence electrons. The summed E-state index contributed by atoms with van der Waals surface area (Å²) in [4.78, 5) is 23.8. The fourth-order valence-corrected chi connectivity index (χ4v) is 2.27. The molecule has 0 aliphatic carbocycles. The molecule has 1 rings (SSSR count). The van der Waals surface area contributed by atoms with Crippen LogP contribution in [0.1, 0.15) is 19.4 Å². The number of rotatable bonds is 7. The van der Waals surface area contributed by atoms with Crippen molar-refractivity contribution in [1.82, 2.24) is 4.90 Å². The first-order chi connectivity index (χ1) is 9.49. The van der Waals surface area contributed by atoms with Gasteiger partial charge in [0, 0.05) is 12.6 Å². The summed E-state index contributed by atoms with van der Waals surface area (Å²) in [6.45, 7) is 5.28. The Morgan fingerprint density at radius 1 is 1.45 bits per heavy atom. The van der Waals surface area contributed by atoms with Crippen molar-refractivity contribution in [3.8, 4) is 0 Å². The van der Waals surface area contributed by atoms with Crippen molar-refractivity contribution in [3.05, 3.63) is 38.3 Å². The van der Waals surface area contributed by atoms with Gasteiger partial charge in [0.1, 0.15) is 0 Å². The van der Waals surface area contributed by atoms with E-state index in [1.807, 2.05) is 11.8 Å². The lowest BCUT2D eigenvalue weighted by atomic mass is 10.2. The molecule has 0 saturated heterocycles. The number of hydrogen-bond acceptors (Lipinski definition) is 5. The topological polar surface area (TPSA) is 72.7 Å². The average molecular weight is 345 g/mol. The summed E-state index contributed by atoms with van der Waals surface area (Å²) in [6, 6.07) is 4.87. The van der Waals surface area contributed by atoms with Crippen molar-refractivity contribution in [1.29, 1.82) is 0 Å². The van der Waals surface area contributed by atoms with Crippen molar-refractivity contribution in [2.75, 3.05) is 19.7 Å². The second-order valence-electron chi connectivity index (χ2n) is 4.12. The standard InChI is InChI=1S/C13H17BrN2O4/c1-3-15(9-12(17)20-4-2)8-10-6-5-7-11(13(10)14)16(18)19/h5-7H,3-4,8-9H2,1-2H3. The highest BCUT2D eigenvalue weighted by Gasteiger charge is 2.17. The zero-order valence-electron chi connectivity index (χ0n) is 11.5. The van der Waals surface area contributed by atoms with E-state index in [2.05, 4.69) is 15.9 Å². The molecule has 7 heteroatoms. The number of nitrogens with zero attached hydrogens (tertiary/aromatic N) is 2. The minimum atomic E-state index is -0.435. The first kappa shape index (κ1) is 16.6. The van der Waals surface area contributed by atoms with Crippen LogP contribution in [0.5, 0.6) is 0 Å². The monoisotopic (exact) mass is 344 g/mol. The molecule has 20 heavy (non-hydrogen) atoms. The smallest absolute Gasteiger partial charge is 0.320 e. The Labute approximate surface area is 126 Å². The summed E-state index contributed by atoms with van der Waals surface area (Å²) >= 11 is 3.25. The van der Waals surface area contributed by atoms with E-state index >= 15 is 0 Å². The van der Waals surface area contributed by atoms with Crippen LogP contribution >= 0.6 is 15.9 Å². The molecule has 0 amide bonds. The highest BCUT2D eigenvalue weighted by Crippen LogP contribution is 2.29. The molecule has 1 aromatic rings. The molecule has 0 radical (unpaired) electrons. The number of ether oxygens (including phenoxy) is 1. The van der Waals surface area contributed by atoms with Crippen molar-refractivity contribution in [3.63, 3.8) is 0 Å². The van der Waals surface area contributed by atoms with Crippen molar-refractivity contribution >= 4 is 27.6 Å². The minimum Gasteiger partial charge on any atom is -0.465 e. The predicted molar refractivity (Wildman–Crippen MR) is 78.4 cm³/mol. The first-order valence-electron chi connectivity index (χ1n) is 6.29. The Hall–Kier alpha value is -1.47.